The van der Waals surface area contributed by atoms with Crippen LogP contribution in [-0.4, -0.2) is 9.97 Å². The molecule has 0 saturated heterocycles. The van der Waals surface area contributed by atoms with Gasteiger partial charge in [-0.2, -0.15) is 0 Å². The van der Waals surface area contributed by atoms with Crippen LogP contribution in [-0.2, 0) is 19.5 Å². The number of pyridine rings is 2. The molecule has 2 heterocycles. The molecule has 2 aromatic heterocycles. The van der Waals surface area contributed by atoms with Gasteiger partial charge >= 0.3 is 19.5 Å². The predicted octanol–water partition coefficient (Wildman–Crippen LogP) is 3.40. The minimum absolute atomic E-state index is 0. The molecule has 2 nitrogen and oxygen atoms in total. The Bertz CT molecular complexity index is 631. The number of hydrogen-bond acceptors (Lipinski definition) is 2. The van der Waals surface area contributed by atoms with Crippen LogP contribution in [0.4, 0.5) is 0 Å². The Balaban J connectivity index is 0.00000108. The molecule has 3 rings (SSSR count). The molecule has 0 unspecified atom stereocenters. The van der Waals surface area contributed by atoms with Gasteiger partial charge in [0.25, 0.3) is 0 Å². The molecule has 0 spiro atoms. The summed E-state index contributed by atoms with van der Waals surface area (Å²) in [4.78, 5) is 8.90. The van der Waals surface area contributed by atoms with Gasteiger partial charge in [-0.05, 0) is 37.1 Å². The van der Waals surface area contributed by atoms with Crippen molar-refractivity contribution < 1.29 is 19.5 Å². The maximum atomic E-state index is 4.45. The number of hydrogen-bond donors (Lipinski definition) is 0. The van der Waals surface area contributed by atoms with Crippen molar-refractivity contribution in [3.8, 4) is 0 Å². The molecule has 78 valence electrons. The van der Waals surface area contributed by atoms with Gasteiger partial charge in [-0.25, -0.2) is 0 Å². The van der Waals surface area contributed by atoms with E-state index in [0.717, 1.165) is 11.0 Å². The molecule has 3 heteroatoms. The van der Waals surface area contributed by atoms with Crippen molar-refractivity contribution in [2.24, 2.45) is 0 Å². The molecule has 0 saturated carbocycles. The summed E-state index contributed by atoms with van der Waals surface area (Å²) in [6, 6.07) is 8.33. The van der Waals surface area contributed by atoms with E-state index in [4.69, 9.17) is 0 Å². The van der Waals surface area contributed by atoms with Gasteiger partial charge in [0.05, 0.1) is 11.0 Å². The summed E-state index contributed by atoms with van der Waals surface area (Å²) in [6.07, 6.45) is 3.70. The van der Waals surface area contributed by atoms with E-state index in [-0.39, 0.29) is 19.5 Å². The Morgan fingerprint density at radius 3 is 1.53 bits per heavy atom. The predicted molar refractivity (Wildman–Crippen MR) is 66.5 cm³/mol. The first kappa shape index (κ1) is 12.1. The fourth-order valence-corrected chi connectivity index (χ4v) is 2.10. The van der Waals surface area contributed by atoms with E-state index in [1.807, 2.05) is 24.5 Å². The van der Waals surface area contributed by atoms with Gasteiger partial charge in [-0.15, -0.1) is 0 Å². The summed E-state index contributed by atoms with van der Waals surface area (Å²) in [5.74, 6) is 0. The molecule has 0 aliphatic carbocycles. The fourth-order valence-electron chi connectivity index (χ4n) is 2.10. The second-order valence-corrected chi connectivity index (χ2v) is 4.11. The van der Waals surface area contributed by atoms with Crippen LogP contribution in [0.2, 0.25) is 0 Å². The van der Waals surface area contributed by atoms with Gasteiger partial charge in [-0.1, -0.05) is 12.1 Å². The number of aromatic nitrogens is 2. The van der Waals surface area contributed by atoms with Crippen molar-refractivity contribution in [2.45, 2.75) is 13.8 Å². The van der Waals surface area contributed by atoms with Gasteiger partial charge in [-0.3, -0.25) is 9.97 Å². The Hall–Kier alpha value is -1.34. The number of aryl methyl sites for hydroxylation is 2. The van der Waals surface area contributed by atoms with Gasteiger partial charge in [0, 0.05) is 23.2 Å². The summed E-state index contributed by atoms with van der Waals surface area (Å²) in [7, 11) is 0. The monoisotopic (exact) mass is 272 g/mol. The van der Waals surface area contributed by atoms with Crippen molar-refractivity contribution >= 4 is 21.8 Å². The smallest absolute Gasteiger partial charge is 0.254 e. The van der Waals surface area contributed by atoms with Crippen molar-refractivity contribution in [1.29, 1.82) is 0 Å². The van der Waals surface area contributed by atoms with Crippen LogP contribution >= 0.6 is 0 Å². The standard InChI is InChI=1S/C14H12N2.Zn/c1-9-5-7-15-13-11(9)3-4-12-10(2)6-8-16-14(12)13;/h3-8H,1-2H3;/q;+2. The molecule has 0 aliphatic rings. The summed E-state index contributed by atoms with van der Waals surface area (Å²) < 4.78 is 0. The number of nitrogens with zero attached hydrogens (tertiary/aromatic N) is 2. The van der Waals surface area contributed by atoms with Crippen molar-refractivity contribution in [3.63, 3.8) is 0 Å². The van der Waals surface area contributed by atoms with Crippen LogP contribution in [0.1, 0.15) is 11.1 Å². The van der Waals surface area contributed by atoms with Crippen molar-refractivity contribution in [3.05, 3.63) is 47.8 Å². The van der Waals surface area contributed by atoms with E-state index in [9.17, 15) is 0 Å². The second kappa shape index (κ2) is 4.50. The van der Waals surface area contributed by atoms with Crippen LogP contribution in [0.25, 0.3) is 21.8 Å². The molecular formula is C14H12N2Zn+2. The van der Waals surface area contributed by atoms with E-state index in [1.54, 1.807) is 0 Å². The Labute approximate surface area is 113 Å². The van der Waals surface area contributed by atoms with Crippen LogP contribution in [0.5, 0.6) is 0 Å². The normalized spacial score (nSPS) is 10.5. The fraction of sp³-hybridized carbons (Fsp3) is 0.143. The third kappa shape index (κ3) is 1.85. The quantitative estimate of drug-likeness (QED) is 0.463. The minimum atomic E-state index is 0. The first-order valence-corrected chi connectivity index (χ1v) is 5.37. The second-order valence-electron chi connectivity index (χ2n) is 4.11. The molecule has 1 aromatic carbocycles. The van der Waals surface area contributed by atoms with Crippen molar-refractivity contribution in [2.75, 3.05) is 0 Å². The van der Waals surface area contributed by atoms with Crippen LogP contribution in [0.3, 0.4) is 0 Å². The van der Waals surface area contributed by atoms with Gasteiger partial charge in [0.1, 0.15) is 0 Å². The maximum Gasteiger partial charge on any atom is 2.00 e. The Kier molecular flexibility index (Phi) is 3.21. The number of benzene rings is 1. The van der Waals surface area contributed by atoms with E-state index >= 15 is 0 Å². The Morgan fingerprint density at radius 2 is 1.12 bits per heavy atom. The first-order valence-electron chi connectivity index (χ1n) is 5.37. The molecule has 3 aromatic rings. The van der Waals surface area contributed by atoms with E-state index < -0.39 is 0 Å². The van der Waals surface area contributed by atoms with Crippen LogP contribution in [0.15, 0.2) is 36.7 Å². The summed E-state index contributed by atoms with van der Waals surface area (Å²) >= 11 is 0. The zero-order valence-corrected chi connectivity index (χ0v) is 13.0. The molecule has 0 aliphatic heterocycles. The molecule has 0 amide bonds. The minimum Gasteiger partial charge on any atom is -0.254 e. The molecule has 0 fully saturated rings. The topological polar surface area (TPSA) is 25.8 Å². The first-order chi connectivity index (χ1) is 7.77. The zero-order valence-electron chi connectivity index (χ0n) is 10.1. The summed E-state index contributed by atoms with van der Waals surface area (Å²) in [5.41, 5.74) is 4.49. The largest absolute Gasteiger partial charge is 2.00 e. The van der Waals surface area contributed by atoms with Crippen molar-refractivity contribution in [1.82, 2.24) is 9.97 Å². The third-order valence-electron chi connectivity index (χ3n) is 3.06. The van der Waals surface area contributed by atoms with E-state index in [2.05, 4.69) is 35.9 Å². The molecule has 0 atom stereocenters. The average Bonchev–Trinajstić information content (AvgIpc) is 2.30. The van der Waals surface area contributed by atoms with E-state index in [1.165, 1.54) is 21.9 Å². The zero-order chi connectivity index (χ0) is 11.1. The van der Waals surface area contributed by atoms with Gasteiger partial charge < -0.3 is 0 Å². The molecular weight excluding hydrogens is 262 g/mol. The Morgan fingerprint density at radius 1 is 0.706 bits per heavy atom. The summed E-state index contributed by atoms with van der Waals surface area (Å²) in [5, 5.41) is 2.38. The molecule has 0 radical (unpaired) electrons. The maximum absolute atomic E-state index is 4.45. The SMILES string of the molecule is Cc1ccnc2c1ccc1c(C)ccnc12.[Zn+2]. The molecule has 17 heavy (non-hydrogen) atoms. The van der Waals surface area contributed by atoms with E-state index in [0.29, 0.717) is 0 Å². The van der Waals surface area contributed by atoms with Gasteiger partial charge in [0.15, 0.2) is 0 Å². The number of rotatable bonds is 0. The average molecular weight is 274 g/mol. The third-order valence-corrected chi connectivity index (χ3v) is 3.06. The molecule has 0 N–H and O–H groups in total. The molecule has 0 bridgehead atoms. The summed E-state index contributed by atoms with van der Waals surface area (Å²) in [6.45, 7) is 4.21. The number of fused-ring (bicyclic) bond motifs is 3. The van der Waals surface area contributed by atoms with Gasteiger partial charge in [0.2, 0.25) is 0 Å². The van der Waals surface area contributed by atoms with Crippen LogP contribution < -0.4 is 0 Å². The van der Waals surface area contributed by atoms with Crippen LogP contribution in [0, 0.1) is 13.8 Å².